The van der Waals surface area contributed by atoms with Gasteiger partial charge in [0.25, 0.3) is 0 Å². The second-order valence-corrected chi connectivity index (χ2v) is 9.40. The van der Waals surface area contributed by atoms with Crippen molar-refractivity contribution in [1.29, 1.82) is 0 Å². The maximum absolute atomic E-state index is 10.5. The maximum atomic E-state index is 10.5. The van der Waals surface area contributed by atoms with E-state index in [0.29, 0.717) is 22.4 Å². The van der Waals surface area contributed by atoms with Crippen LogP contribution in [0.25, 0.3) is 0 Å². The van der Waals surface area contributed by atoms with E-state index in [-0.39, 0.29) is 17.4 Å². The number of hydrogen-bond acceptors (Lipinski definition) is 2. The Hall–Kier alpha value is -0.250. The van der Waals surface area contributed by atoms with E-state index in [1.165, 1.54) is 4.88 Å². The van der Waals surface area contributed by atoms with Crippen molar-refractivity contribution in [3.05, 3.63) is 56.2 Å². The molecule has 5 heteroatoms. The van der Waals surface area contributed by atoms with Crippen LogP contribution in [0.4, 0.5) is 0 Å². The lowest BCUT2D eigenvalue weighted by Crippen LogP contribution is -2.21. The number of aliphatic hydroxyl groups is 1. The van der Waals surface area contributed by atoms with Crippen LogP contribution in [-0.2, 0) is 12.8 Å². The molecule has 1 fully saturated rings. The molecular weight excluding hydrogens is 395 g/mol. The summed E-state index contributed by atoms with van der Waals surface area (Å²) in [5, 5.41) is 14.0. The van der Waals surface area contributed by atoms with Gasteiger partial charge in [-0.3, -0.25) is 0 Å². The molecule has 1 saturated carbocycles. The molecule has 0 aliphatic heterocycles. The topological polar surface area (TPSA) is 20.2 Å². The molecular formula is C20H23Cl3OS. The highest BCUT2D eigenvalue weighted by Crippen LogP contribution is 2.41. The summed E-state index contributed by atoms with van der Waals surface area (Å²) in [7, 11) is 0. The second kappa shape index (κ2) is 9.10. The summed E-state index contributed by atoms with van der Waals surface area (Å²) in [5.74, 6) is 0.634. The molecule has 0 bridgehead atoms. The number of aryl methyl sites for hydroxylation is 2. The number of alkyl halides is 1. The Balaban J connectivity index is 1.57. The van der Waals surface area contributed by atoms with Crippen molar-refractivity contribution < 1.29 is 5.11 Å². The van der Waals surface area contributed by atoms with Crippen molar-refractivity contribution in [3.63, 3.8) is 0 Å². The average Bonchev–Trinajstić information content (AvgIpc) is 3.14. The highest BCUT2D eigenvalue weighted by molar-refractivity contribution is 7.09. The van der Waals surface area contributed by atoms with Gasteiger partial charge in [0, 0.05) is 20.3 Å². The summed E-state index contributed by atoms with van der Waals surface area (Å²) in [6, 6.07) is 9.95. The minimum absolute atomic E-state index is 0.0753. The largest absolute Gasteiger partial charge is 0.393 e. The van der Waals surface area contributed by atoms with Crippen LogP contribution in [0.1, 0.15) is 36.1 Å². The molecule has 1 aromatic carbocycles. The highest BCUT2D eigenvalue weighted by Gasteiger charge is 2.40. The summed E-state index contributed by atoms with van der Waals surface area (Å²) >= 11 is 20.6. The maximum Gasteiger partial charge on any atom is 0.0585 e. The van der Waals surface area contributed by atoms with E-state index in [2.05, 4.69) is 17.5 Å². The molecule has 1 heterocycles. The minimum Gasteiger partial charge on any atom is -0.393 e. The van der Waals surface area contributed by atoms with Crippen LogP contribution in [0.3, 0.4) is 0 Å². The van der Waals surface area contributed by atoms with Crippen molar-refractivity contribution in [1.82, 2.24) is 0 Å². The SMILES string of the molecule is O[C@@H]1C[C@@H](Cl)[C@H](CCCc2cccs2)[C@H]1CCc1cc(Cl)cc(Cl)c1. The Morgan fingerprint density at radius 1 is 1.04 bits per heavy atom. The smallest absolute Gasteiger partial charge is 0.0585 e. The Morgan fingerprint density at radius 2 is 1.80 bits per heavy atom. The first-order valence-corrected chi connectivity index (χ1v) is 10.9. The van der Waals surface area contributed by atoms with Crippen LogP contribution in [0.15, 0.2) is 35.7 Å². The molecule has 1 aromatic heterocycles. The molecule has 136 valence electrons. The fraction of sp³-hybridized carbons (Fsp3) is 0.500. The standard InChI is InChI=1S/C20H23Cl3OS/c21-14-9-13(10-15(22)11-14)6-7-18-17(19(23)12-20(18)24)5-1-3-16-4-2-8-25-16/h2,4,8-11,17-20,24H,1,3,5-7,12H2/t17-,18-,19-,20-/m1/s1. The van der Waals surface area contributed by atoms with Crippen molar-refractivity contribution in [2.75, 3.05) is 0 Å². The summed E-state index contributed by atoms with van der Waals surface area (Å²) in [6.07, 6.45) is 5.49. The highest BCUT2D eigenvalue weighted by atomic mass is 35.5. The second-order valence-electron chi connectivity index (χ2n) is 6.93. The van der Waals surface area contributed by atoms with Crippen LogP contribution in [0.5, 0.6) is 0 Å². The molecule has 0 unspecified atom stereocenters. The third-order valence-electron chi connectivity index (χ3n) is 5.20. The molecule has 2 aromatic rings. The Kier molecular flexibility index (Phi) is 7.10. The third kappa shape index (κ3) is 5.37. The lowest BCUT2D eigenvalue weighted by atomic mass is 9.85. The molecule has 1 N–H and O–H groups in total. The zero-order valence-electron chi connectivity index (χ0n) is 14.0. The van der Waals surface area contributed by atoms with Gasteiger partial charge in [0.15, 0.2) is 0 Å². The Morgan fingerprint density at radius 3 is 2.48 bits per heavy atom. The van der Waals surface area contributed by atoms with Gasteiger partial charge < -0.3 is 5.11 Å². The van der Waals surface area contributed by atoms with Crippen LogP contribution in [0, 0.1) is 11.8 Å². The normalized spacial score (nSPS) is 26.2. The molecule has 1 nitrogen and oxygen atoms in total. The van der Waals surface area contributed by atoms with E-state index in [1.54, 1.807) is 6.07 Å². The van der Waals surface area contributed by atoms with E-state index < -0.39 is 0 Å². The molecule has 4 atom stereocenters. The lowest BCUT2D eigenvalue weighted by Gasteiger charge is -2.23. The van der Waals surface area contributed by atoms with Crippen molar-refractivity contribution in [3.8, 4) is 0 Å². The van der Waals surface area contributed by atoms with E-state index >= 15 is 0 Å². The van der Waals surface area contributed by atoms with Gasteiger partial charge in [0.1, 0.15) is 0 Å². The predicted molar refractivity (Wildman–Crippen MR) is 109 cm³/mol. The van der Waals surface area contributed by atoms with Gasteiger partial charge in [0.2, 0.25) is 0 Å². The molecule has 1 aliphatic rings. The molecule has 25 heavy (non-hydrogen) atoms. The van der Waals surface area contributed by atoms with E-state index in [0.717, 1.165) is 37.7 Å². The van der Waals surface area contributed by atoms with Gasteiger partial charge in [-0.15, -0.1) is 22.9 Å². The molecule has 0 amide bonds. The number of aliphatic hydroxyl groups excluding tert-OH is 1. The first-order chi connectivity index (χ1) is 12.0. The Bertz CT molecular complexity index is 653. The van der Waals surface area contributed by atoms with E-state index in [9.17, 15) is 5.11 Å². The van der Waals surface area contributed by atoms with Crippen molar-refractivity contribution >= 4 is 46.1 Å². The first kappa shape index (κ1) is 19.5. The number of benzene rings is 1. The fourth-order valence-electron chi connectivity index (χ4n) is 3.99. The summed E-state index contributed by atoms with van der Waals surface area (Å²) in [5.41, 5.74) is 1.13. The van der Waals surface area contributed by atoms with Gasteiger partial charge >= 0.3 is 0 Å². The average molecular weight is 418 g/mol. The summed E-state index contributed by atoms with van der Waals surface area (Å²) in [6.45, 7) is 0. The van der Waals surface area contributed by atoms with Gasteiger partial charge in [-0.1, -0.05) is 29.3 Å². The quantitative estimate of drug-likeness (QED) is 0.502. The zero-order chi connectivity index (χ0) is 17.8. The number of thiophene rings is 1. The fourth-order valence-corrected chi connectivity index (χ4v) is 5.81. The van der Waals surface area contributed by atoms with Gasteiger partial charge in [0.05, 0.1) is 6.10 Å². The summed E-state index contributed by atoms with van der Waals surface area (Å²) in [4.78, 5) is 1.43. The molecule has 1 aliphatic carbocycles. The van der Waals surface area contributed by atoms with Crippen molar-refractivity contribution in [2.24, 2.45) is 11.8 Å². The number of hydrogen-bond donors (Lipinski definition) is 1. The molecule has 3 rings (SSSR count). The first-order valence-electron chi connectivity index (χ1n) is 8.82. The van der Waals surface area contributed by atoms with E-state index in [4.69, 9.17) is 34.8 Å². The van der Waals surface area contributed by atoms with Crippen LogP contribution in [0.2, 0.25) is 10.0 Å². The van der Waals surface area contributed by atoms with Gasteiger partial charge in [-0.25, -0.2) is 0 Å². The third-order valence-corrected chi connectivity index (χ3v) is 7.08. The summed E-state index contributed by atoms with van der Waals surface area (Å²) < 4.78 is 0. The molecule has 0 saturated heterocycles. The molecule has 0 spiro atoms. The zero-order valence-corrected chi connectivity index (χ0v) is 17.1. The Labute approximate surface area is 168 Å². The lowest BCUT2D eigenvalue weighted by molar-refractivity contribution is 0.109. The number of halogens is 3. The van der Waals surface area contributed by atoms with Crippen LogP contribution in [-0.4, -0.2) is 16.6 Å². The minimum atomic E-state index is -0.302. The predicted octanol–water partition coefficient (Wildman–Crippen LogP) is 6.61. The van der Waals surface area contributed by atoms with E-state index in [1.807, 2.05) is 23.5 Å². The van der Waals surface area contributed by atoms with Crippen molar-refractivity contribution in [2.45, 2.75) is 50.0 Å². The van der Waals surface area contributed by atoms with Crippen LogP contribution >= 0.6 is 46.1 Å². The monoisotopic (exact) mass is 416 g/mol. The molecule has 0 radical (unpaired) electrons. The van der Waals surface area contributed by atoms with Gasteiger partial charge in [-0.2, -0.15) is 0 Å². The van der Waals surface area contributed by atoms with Gasteiger partial charge in [-0.05, 0) is 85.6 Å². The van der Waals surface area contributed by atoms with Crippen LogP contribution < -0.4 is 0 Å². The number of rotatable bonds is 7.